The number of nitrogens with zero attached hydrogens (tertiary/aromatic N) is 2. The van der Waals surface area contributed by atoms with E-state index in [9.17, 15) is 0 Å². The first-order valence-electron chi connectivity index (χ1n) is 4.05. The highest BCUT2D eigenvalue weighted by Gasteiger charge is 2.09. The standard InChI is InChI=1S/C9H7BrI2N2/c1-5(11)8-4-14-3-6(10)2-7(12)9(14)13-8/h2-5H,1H3. The maximum atomic E-state index is 4.58. The van der Waals surface area contributed by atoms with Gasteiger partial charge < -0.3 is 4.40 Å². The fourth-order valence-electron chi connectivity index (χ4n) is 1.24. The van der Waals surface area contributed by atoms with Gasteiger partial charge in [-0.2, -0.15) is 0 Å². The van der Waals surface area contributed by atoms with Crippen molar-refractivity contribution in [1.82, 2.24) is 9.38 Å². The third-order valence-corrected chi connectivity index (χ3v) is 3.76. The molecule has 0 N–H and O–H groups in total. The second kappa shape index (κ2) is 4.25. The Labute approximate surface area is 118 Å². The van der Waals surface area contributed by atoms with E-state index in [1.54, 1.807) is 0 Å². The van der Waals surface area contributed by atoms with Gasteiger partial charge in [0, 0.05) is 16.9 Å². The molecule has 0 aliphatic carbocycles. The van der Waals surface area contributed by atoms with Crippen LogP contribution in [-0.2, 0) is 0 Å². The van der Waals surface area contributed by atoms with Crippen LogP contribution in [0.3, 0.4) is 0 Å². The minimum Gasteiger partial charge on any atom is -0.305 e. The molecule has 0 saturated carbocycles. The number of halogens is 3. The molecule has 2 aromatic heterocycles. The molecule has 5 heteroatoms. The van der Waals surface area contributed by atoms with Crippen LogP contribution in [0.25, 0.3) is 5.65 Å². The largest absolute Gasteiger partial charge is 0.305 e. The van der Waals surface area contributed by atoms with Crippen LogP contribution < -0.4 is 0 Å². The zero-order valence-corrected chi connectivity index (χ0v) is 13.2. The molecular formula is C9H7BrI2N2. The van der Waals surface area contributed by atoms with Gasteiger partial charge in [-0.3, -0.25) is 0 Å². The molecule has 1 unspecified atom stereocenters. The molecule has 74 valence electrons. The Morgan fingerprint density at radius 3 is 2.86 bits per heavy atom. The Bertz CT molecular complexity index is 479. The van der Waals surface area contributed by atoms with E-state index in [2.05, 4.69) is 89.7 Å². The van der Waals surface area contributed by atoms with Crippen LogP contribution in [-0.4, -0.2) is 9.38 Å². The lowest BCUT2D eigenvalue weighted by Gasteiger charge is -1.96. The van der Waals surface area contributed by atoms with Crippen LogP contribution in [0.1, 0.15) is 16.5 Å². The van der Waals surface area contributed by atoms with Crippen molar-refractivity contribution >= 4 is 66.8 Å². The first-order valence-corrected chi connectivity index (χ1v) is 7.17. The van der Waals surface area contributed by atoms with Gasteiger partial charge in [-0.1, -0.05) is 22.6 Å². The molecule has 2 aromatic rings. The number of hydrogen-bond donors (Lipinski definition) is 0. The van der Waals surface area contributed by atoms with Crippen molar-refractivity contribution in [2.24, 2.45) is 0 Å². The van der Waals surface area contributed by atoms with Gasteiger partial charge in [-0.25, -0.2) is 4.98 Å². The van der Waals surface area contributed by atoms with Crippen LogP contribution in [0.4, 0.5) is 0 Å². The van der Waals surface area contributed by atoms with Crippen molar-refractivity contribution in [2.45, 2.75) is 10.8 Å². The fourth-order valence-corrected chi connectivity index (χ4v) is 3.15. The molecule has 0 bridgehead atoms. The van der Waals surface area contributed by atoms with Gasteiger partial charge in [-0.15, -0.1) is 0 Å². The second-order valence-electron chi connectivity index (χ2n) is 3.02. The minimum atomic E-state index is 0.446. The van der Waals surface area contributed by atoms with Gasteiger partial charge in [0.2, 0.25) is 0 Å². The third-order valence-electron chi connectivity index (χ3n) is 1.90. The molecule has 2 rings (SSSR count). The van der Waals surface area contributed by atoms with Gasteiger partial charge in [0.1, 0.15) is 0 Å². The van der Waals surface area contributed by atoms with Crippen molar-refractivity contribution in [3.05, 3.63) is 32.2 Å². The summed E-state index contributed by atoms with van der Waals surface area (Å²) in [7, 11) is 0. The Morgan fingerprint density at radius 1 is 1.50 bits per heavy atom. The monoisotopic (exact) mass is 476 g/mol. The van der Waals surface area contributed by atoms with Crippen molar-refractivity contribution < 1.29 is 0 Å². The lowest BCUT2D eigenvalue weighted by molar-refractivity contribution is 1.07. The highest BCUT2D eigenvalue weighted by atomic mass is 127. The molecule has 2 heterocycles. The Hall–Kier alpha value is 0.630. The first-order chi connectivity index (χ1) is 6.58. The SMILES string of the molecule is CC(I)c1cn2cc(Br)cc(I)c2n1. The summed E-state index contributed by atoms with van der Waals surface area (Å²) in [6, 6.07) is 2.07. The number of rotatable bonds is 1. The van der Waals surface area contributed by atoms with Gasteiger partial charge in [0.15, 0.2) is 5.65 Å². The summed E-state index contributed by atoms with van der Waals surface area (Å²) in [4.78, 5) is 4.58. The molecule has 2 nitrogen and oxygen atoms in total. The Kier molecular flexibility index (Phi) is 3.37. The van der Waals surface area contributed by atoms with Crippen molar-refractivity contribution in [3.8, 4) is 0 Å². The van der Waals surface area contributed by atoms with E-state index >= 15 is 0 Å². The Balaban J connectivity index is 2.70. The van der Waals surface area contributed by atoms with E-state index < -0.39 is 0 Å². The maximum absolute atomic E-state index is 4.58. The predicted molar refractivity (Wildman–Crippen MR) is 78.0 cm³/mol. The van der Waals surface area contributed by atoms with Crippen molar-refractivity contribution in [2.75, 3.05) is 0 Å². The summed E-state index contributed by atoms with van der Waals surface area (Å²) < 4.78 is 4.76. The minimum absolute atomic E-state index is 0.446. The zero-order chi connectivity index (χ0) is 10.3. The number of imidazole rings is 1. The molecule has 0 aliphatic rings. The molecule has 1 atom stereocenters. The molecule has 0 radical (unpaired) electrons. The van der Waals surface area contributed by atoms with E-state index in [0.717, 1.165) is 15.8 Å². The molecule has 0 fully saturated rings. The molecule has 0 spiro atoms. The van der Waals surface area contributed by atoms with E-state index in [-0.39, 0.29) is 0 Å². The lowest BCUT2D eigenvalue weighted by Crippen LogP contribution is -1.86. The molecule has 14 heavy (non-hydrogen) atoms. The first kappa shape index (κ1) is 11.1. The number of pyridine rings is 1. The number of hydrogen-bond acceptors (Lipinski definition) is 1. The van der Waals surface area contributed by atoms with Crippen LogP contribution in [0.5, 0.6) is 0 Å². The molecule has 0 aromatic carbocycles. The summed E-state index contributed by atoms with van der Waals surface area (Å²) in [5.74, 6) is 0. The highest BCUT2D eigenvalue weighted by molar-refractivity contribution is 14.1. The quantitative estimate of drug-likeness (QED) is 0.445. The molecular weight excluding hydrogens is 470 g/mol. The van der Waals surface area contributed by atoms with Crippen LogP contribution >= 0.6 is 61.1 Å². The van der Waals surface area contributed by atoms with Crippen LogP contribution in [0.2, 0.25) is 0 Å². The highest BCUT2D eigenvalue weighted by Crippen LogP contribution is 2.25. The average molecular weight is 477 g/mol. The predicted octanol–water partition coefficient (Wildman–Crippen LogP) is 4.20. The normalized spacial score (nSPS) is 13.4. The molecule has 0 aliphatic heterocycles. The van der Waals surface area contributed by atoms with E-state index in [1.165, 1.54) is 3.57 Å². The van der Waals surface area contributed by atoms with Crippen molar-refractivity contribution in [3.63, 3.8) is 0 Å². The fraction of sp³-hybridized carbons (Fsp3) is 0.222. The van der Waals surface area contributed by atoms with E-state index in [1.807, 2.05) is 6.20 Å². The summed E-state index contributed by atoms with van der Waals surface area (Å²) in [5.41, 5.74) is 2.16. The van der Waals surface area contributed by atoms with Crippen LogP contribution in [0, 0.1) is 3.57 Å². The zero-order valence-electron chi connectivity index (χ0n) is 7.34. The van der Waals surface area contributed by atoms with Gasteiger partial charge >= 0.3 is 0 Å². The number of fused-ring (bicyclic) bond motifs is 1. The molecule has 0 saturated heterocycles. The summed E-state index contributed by atoms with van der Waals surface area (Å²) >= 11 is 8.15. The lowest BCUT2D eigenvalue weighted by atomic mass is 10.4. The Morgan fingerprint density at radius 2 is 2.21 bits per heavy atom. The average Bonchev–Trinajstić information content (AvgIpc) is 2.47. The van der Waals surface area contributed by atoms with Gasteiger partial charge in [0.05, 0.1) is 13.2 Å². The topological polar surface area (TPSA) is 17.3 Å². The summed E-state index contributed by atoms with van der Waals surface area (Å²) in [6.07, 6.45) is 4.12. The van der Waals surface area contributed by atoms with Crippen molar-refractivity contribution in [1.29, 1.82) is 0 Å². The maximum Gasteiger partial charge on any atom is 0.150 e. The number of aromatic nitrogens is 2. The van der Waals surface area contributed by atoms with E-state index in [0.29, 0.717) is 3.92 Å². The molecule has 0 amide bonds. The second-order valence-corrected chi connectivity index (χ2v) is 6.97. The van der Waals surface area contributed by atoms with Gasteiger partial charge in [0.25, 0.3) is 0 Å². The third kappa shape index (κ3) is 2.08. The number of alkyl halides is 1. The smallest absolute Gasteiger partial charge is 0.150 e. The van der Waals surface area contributed by atoms with E-state index in [4.69, 9.17) is 0 Å². The summed E-state index contributed by atoms with van der Waals surface area (Å²) in [5, 5.41) is 0. The summed E-state index contributed by atoms with van der Waals surface area (Å²) in [6.45, 7) is 2.14. The van der Waals surface area contributed by atoms with Gasteiger partial charge in [-0.05, 0) is 51.5 Å². The van der Waals surface area contributed by atoms with Crippen LogP contribution in [0.15, 0.2) is 22.9 Å².